The molecule has 0 saturated carbocycles. The van der Waals surface area contributed by atoms with Gasteiger partial charge in [0.2, 0.25) is 0 Å². The molecular formula is C25H24F4N8O4. The minimum absolute atomic E-state index is 0.0998. The quantitative estimate of drug-likeness (QED) is 0.332. The van der Waals surface area contributed by atoms with Crippen LogP contribution >= 0.6 is 0 Å². The Balaban J connectivity index is 1.36. The topological polar surface area (TPSA) is 136 Å². The van der Waals surface area contributed by atoms with E-state index in [0.717, 1.165) is 0 Å². The molecule has 3 atom stereocenters. The zero-order chi connectivity index (χ0) is 28.8. The lowest BCUT2D eigenvalue weighted by Crippen LogP contribution is -2.53. The van der Waals surface area contributed by atoms with E-state index in [4.69, 9.17) is 14.2 Å². The zero-order valence-electron chi connectivity index (χ0n) is 21.6. The van der Waals surface area contributed by atoms with E-state index in [9.17, 15) is 22.4 Å². The van der Waals surface area contributed by atoms with Gasteiger partial charge < -0.3 is 14.2 Å². The first-order chi connectivity index (χ1) is 19.7. The molecule has 16 heteroatoms. The molecule has 216 valence electrons. The molecule has 41 heavy (non-hydrogen) atoms. The van der Waals surface area contributed by atoms with E-state index in [2.05, 4.69) is 30.7 Å². The first-order valence-electron chi connectivity index (χ1n) is 12.6. The molecule has 1 spiro atoms. The van der Waals surface area contributed by atoms with Crippen molar-refractivity contribution < 1.29 is 31.8 Å². The third-order valence-corrected chi connectivity index (χ3v) is 7.28. The summed E-state index contributed by atoms with van der Waals surface area (Å²) in [6.07, 6.45) is -4.46. The molecule has 4 aromatic rings. The largest absolute Gasteiger partial charge is 0.496 e. The van der Waals surface area contributed by atoms with Crippen LogP contribution in [-0.2, 0) is 22.2 Å². The van der Waals surface area contributed by atoms with E-state index in [1.165, 1.54) is 25.3 Å². The van der Waals surface area contributed by atoms with Gasteiger partial charge in [-0.3, -0.25) is 9.88 Å². The monoisotopic (exact) mass is 576 g/mol. The summed E-state index contributed by atoms with van der Waals surface area (Å²) in [5, 5.41) is 16.2. The molecule has 6 rings (SSSR count). The van der Waals surface area contributed by atoms with Crippen LogP contribution in [0.2, 0.25) is 0 Å². The average molecular weight is 577 g/mol. The van der Waals surface area contributed by atoms with Crippen molar-refractivity contribution in [3.63, 3.8) is 0 Å². The van der Waals surface area contributed by atoms with Gasteiger partial charge in [-0.15, -0.1) is 5.10 Å². The van der Waals surface area contributed by atoms with Gasteiger partial charge in [0, 0.05) is 24.4 Å². The third kappa shape index (κ3) is 5.09. The highest BCUT2D eigenvalue weighted by Gasteiger charge is 2.53. The van der Waals surface area contributed by atoms with Gasteiger partial charge in [0.1, 0.15) is 17.4 Å². The Bertz CT molecular complexity index is 1590. The Morgan fingerprint density at radius 1 is 1.17 bits per heavy atom. The van der Waals surface area contributed by atoms with Crippen LogP contribution in [-0.4, -0.2) is 72.9 Å². The molecule has 2 saturated heterocycles. The molecule has 0 aliphatic carbocycles. The first kappa shape index (κ1) is 27.0. The Morgan fingerprint density at radius 3 is 2.68 bits per heavy atom. The van der Waals surface area contributed by atoms with Crippen LogP contribution in [0, 0.1) is 5.82 Å². The highest BCUT2D eigenvalue weighted by Crippen LogP contribution is 2.50. The predicted molar refractivity (Wildman–Crippen MR) is 131 cm³/mol. The van der Waals surface area contributed by atoms with Gasteiger partial charge in [0.25, 0.3) is 5.82 Å². The molecule has 2 aliphatic rings. The Morgan fingerprint density at radius 2 is 1.98 bits per heavy atom. The van der Waals surface area contributed by atoms with Crippen LogP contribution in [0.25, 0.3) is 5.69 Å². The predicted octanol–water partition coefficient (Wildman–Crippen LogP) is 2.71. The number of benzene rings is 2. The highest BCUT2D eigenvalue weighted by molar-refractivity contribution is 5.47. The number of methoxy groups -OCH3 is 1. The average Bonchev–Trinajstić information content (AvgIpc) is 3.70. The van der Waals surface area contributed by atoms with Crippen molar-refractivity contribution in [3.8, 4) is 11.4 Å². The number of alkyl halides is 3. The van der Waals surface area contributed by atoms with Crippen LogP contribution in [0.4, 0.5) is 17.6 Å². The maximum absolute atomic E-state index is 13.9. The van der Waals surface area contributed by atoms with Crippen molar-refractivity contribution in [1.82, 2.24) is 40.3 Å². The fraction of sp³-hybridized carbons (Fsp3) is 0.400. The second-order valence-corrected chi connectivity index (χ2v) is 9.76. The molecule has 0 amide bonds. The summed E-state index contributed by atoms with van der Waals surface area (Å²) in [6, 6.07) is 9.97. The van der Waals surface area contributed by atoms with E-state index in [1.807, 2.05) is 4.90 Å². The number of ether oxygens (including phenoxy) is 3. The lowest BCUT2D eigenvalue weighted by atomic mass is 9.86. The number of aromatic nitrogens is 7. The Labute approximate surface area is 229 Å². The maximum Gasteiger partial charge on any atom is 0.453 e. The van der Waals surface area contributed by atoms with Crippen molar-refractivity contribution >= 4 is 0 Å². The number of nitrogens with one attached hydrogen (secondary N) is 2. The normalized spacial score (nSPS) is 23.3. The molecule has 2 aromatic heterocycles. The summed E-state index contributed by atoms with van der Waals surface area (Å²) in [4.78, 5) is 16.3. The molecular weight excluding hydrogens is 552 g/mol. The summed E-state index contributed by atoms with van der Waals surface area (Å²) < 4.78 is 73.2. The van der Waals surface area contributed by atoms with Crippen LogP contribution < -0.4 is 10.4 Å². The lowest BCUT2D eigenvalue weighted by Gasteiger charge is -2.47. The summed E-state index contributed by atoms with van der Waals surface area (Å²) in [6.45, 7) is 1.16. The number of H-pyrrole nitrogens is 2. The highest BCUT2D eigenvalue weighted by atomic mass is 19.4. The smallest absolute Gasteiger partial charge is 0.453 e. The number of tetrazole rings is 1. The Hall–Kier alpha value is -4.15. The fourth-order valence-electron chi connectivity index (χ4n) is 5.58. The van der Waals surface area contributed by atoms with Crippen molar-refractivity contribution in [2.24, 2.45) is 0 Å². The molecule has 4 heterocycles. The van der Waals surface area contributed by atoms with Gasteiger partial charge in [0.15, 0.2) is 5.79 Å². The summed E-state index contributed by atoms with van der Waals surface area (Å²) in [5.41, 5.74) is 0.958. The molecule has 0 bridgehead atoms. The first-order valence-corrected chi connectivity index (χ1v) is 12.6. The minimum atomic E-state index is -4.76. The van der Waals surface area contributed by atoms with Gasteiger partial charge >= 0.3 is 11.9 Å². The number of morpholine rings is 1. The van der Waals surface area contributed by atoms with Crippen LogP contribution in [0.5, 0.6) is 5.75 Å². The van der Waals surface area contributed by atoms with E-state index in [1.54, 1.807) is 24.3 Å². The van der Waals surface area contributed by atoms with Crippen LogP contribution in [0.15, 0.2) is 47.3 Å². The van der Waals surface area contributed by atoms with Crippen LogP contribution in [0.1, 0.15) is 41.2 Å². The number of hydrogen-bond acceptors (Lipinski definition) is 9. The van der Waals surface area contributed by atoms with Crippen molar-refractivity contribution in [2.75, 3.05) is 26.9 Å². The van der Waals surface area contributed by atoms with Crippen molar-refractivity contribution in [3.05, 3.63) is 81.5 Å². The number of halogens is 4. The third-order valence-electron chi connectivity index (χ3n) is 7.28. The number of nitrogens with zero attached hydrogens (tertiary/aromatic N) is 6. The maximum atomic E-state index is 13.9. The van der Waals surface area contributed by atoms with E-state index in [-0.39, 0.29) is 31.4 Å². The molecule has 2 fully saturated rings. The lowest BCUT2D eigenvalue weighted by molar-refractivity contribution is -0.276. The van der Waals surface area contributed by atoms with Gasteiger partial charge in [-0.1, -0.05) is 12.1 Å². The van der Waals surface area contributed by atoms with Crippen LogP contribution in [0.3, 0.4) is 0 Å². The van der Waals surface area contributed by atoms with Gasteiger partial charge in [-0.2, -0.15) is 23.0 Å². The van der Waals surface area contributed by atoms with Crippen molar-refractivity contribution in [1.29, 1.82) is 0 Å². The molecule has 0 unspecified atom stereocenters. The fourth-order valence-corrected chi connectivity index (χ4v) is 5.58. The van der Waals surface area contributed by atoms with Gasteiger partial charge in [-0.25, -0.2) is 14.3 Å². The molecule has 12 nitrogen and oxygen atoms in total. The standard InChI is InChI=1S/C25H24F4N8O4/c1-39-19-7-6-17(37-22(25(27,28)29)32-34-35-37)10-18(19)15-11-24(41-13-15)21(14-2-4-16(26)5-3-14)36(8-9-40-24)12-20-30-23(38)33-31-20/h2-7,10,15,21H,8-9,11-13H2,1H3,(H2,30,31,33,38)/t15-,21+,24-/m1/s1. The van der Waals surface area contributed by atoms with Crippen molar-refractivity contribution in [2.45, 2.75) is 36.9 Å². The molecule has 2 aliphatic heterocycles. The van der Waals surface area contributed by atoms with E-state index >= 15 is 0 Å². The number of rotatable bonds is 6. The second kappa shape index (κ2) is 10.4. The zero-order valence-corrected chi connectivity index (χ0v) is 21.6. The van der Waals surface area contributed by atoms with E-state index in [0.29, 0.717) is 40.3 Å². The molecule has 2 aromatic carbocycles. The summed E-state index contributed by atoms with van der Waals surface area (Å²) >= 11 is 0. The second-order valence-electron chi connectivity index (χ2n) is 9.76. The minimum Gasteiger partial charge on any atom is -0.496 e. The number of aromatic amines is 2. The number of hydrogen-bond donors (Lipinski definition) is 2. The SMILES string of the molecule is COc1ccc(-n2nnnc2C(F)(F)F)cc1[C@H]1CO[C@@]2(C1)OCCN(Cc1n[nH]c(=O)[nH]1)[C@H]2c1ccc(F)cc1. The Kier molecular flexibility index (Phi) is 6.83. The summed E-state index contributed by atoms with van der Waals surface area (Å²) in [5.74, 6) is -2.37. The molecule has 0 radical (unpaired) electrons. The molecule has 2 N–H and O–H groups in total. The van der Waals surface area contributed by atoms with E-state index < -0.39 is 35.3 Å². The van der Waals surface area contributed by atoms with Gasteiger partial charge in [-0.05, 0) is 46.3 Å². The van der Waals surface area contributed by atoms with Gasteiger partial charge in [0.05, 0.1) is 38.6 Å². The summed E-state index contributed by atoms with van der Waals surface area (Å²) in [7, 11) is 1.47.